The number of hydrogen-bond donors (Lipinski definition) is 1. The molecule has 0 aliphatic heterocycles. The lowest BCUT2D eigenvalue weighted by Crippen LogP contribution is -2.10. The van der Waals surface area contributed by atoms with Crippen LogP contribution in [0.2, 0.25) is 0 Å². The number of aryl methyl sites for hydroxylation is 1. The van der Waals surface area contributed by atoms with E-state index in [1.54, 1.807) is 17.4 Å². The zero-order valence-electron chi connectivity index (χ0n) is 11.5. The van der Waals surface area contributed by atoms with Crippen LogP contribution in [0.25, 0.3) is 0 Å². The second-order valence-corrected chi connectivity index (χ2v) is 6.00. The van der Waals surface area contributed by atoms with E-state index in [1.807, 2.05) is 26.0 Å². The summed E-state index contributed by atoms with van der Waals surface area (Å²) in [4.78, 5) is 2.26. The normalized spacial score (nSPS) is 12.8. The van der Waals surface area contributed by atoms with Crippen molar-refractivity contribution in [3.05, 3.63) is 51.2 Å². The Hall–Kier alpha value is -2.00. The van der Waals surface area contributed by atoms with E-state index in [2.05, 4.69) is 5.32 Å². The predicted octanol–water partition coefficient (Wildman–Crippen LogP) is 5.12. The van der Waals surface area contributed by atoms with Crippen LogP contribution < -0.4 is 5.32 Å². The molecule has 2 nitrogen and oxygen atoms in total. The molecule has 0 radical (unpaired) electrons. The number of rotatable bonds is 3. The van der Waals surface area contributed by atoms with E-state index in [0.717, 1.165) is 10.9 Å². The molecule has 1 atom stereocenters. The third-order valence-electron chi connectivity index (χ3n) is 3.02. The third kappa shape index (κ3) is 3.56. The summed E-state index contributed by atoms with van der Waals surface area (Å²) in [6.07, 6.45) is -4.51. The largest absolute Gasteiger partial charge is 0.417 e. The summed E-state index contributed by atoms with van der Waals surface area (Å²) in [5, 5.41) is 12.0. The number of anilines is 1. The van der Waals surface area contributed by atoms with Crippen LogP contribution in [0.1, 0.15) is 33.8 Å². The smallest absolute Gasteiger partial charge is 0.378 e. The van der Waals surface area contributed by atoms with Crippen molar-refractivity contribution >= 4 is 17.0 Å². The molecule has 0 saturated heterocycles. The molecule has 0 fully saturated rings. The van der Waals surface area contributed by atoms with Crippen LogP contribution >= 0.6 is 11.3 Å². The highest BCUT2D eigenvalue weighted by Gasteiger charge is 2.33. The molecule has 2 aromatic rings. The van der Waals surface area contributed by atoms with Gasteiger partial charge in [-0.05, 0) is 44.2 Å². The van der Waals surface area contributed by atoms with E-state index in [-0.39, 0.29) is 11.6 Å². The monoisotopic (exact) mass is 310 g/mol. The van der Waals surface area contributed by atoms with Crippen molar-refractivity contribution in [1.29, 1.82) is 5.26 Å². The molecule has 0 bridgehead atoms. The molecule has 0 saturated carbocycles. The van der Waals surface area contributed by atoms with Gasteiger partial charge in [0.15, 0.2) is 0 Å². The minimum absolute atomic E-state index is 0.0352. The van der Waals surface area contributed by atoms with E-state index in [9.17, 15) is 13.2 Å². The van der Waals surface area contributed by atoms with Gasteiger partial charge in [-0.1, -0.05) is 0 Å². The van der Waals surface area contributed by atoms with Crippen LogP contribution in [0.3, 0.4) is 0 Å². The van der Waals surface area contributed by atoms with Crippen LogP contribution in [0.4, 0.5) is 18.9 Å². The molecule has 6 heteroatoms. The fraction of sp³-hybridized carbons (Fsp3) is 0.267. The molecular weight excluding hydrogens is 297 g/mol. The van der Waals surface area contributed by atoms with Crippen molar-refractivity contribution in [2.45, 2.75) is 26.1 Å². The standard InChI is InChI=1S/C15H13F3N2S/c1-9-3-6-14(21-9)10(2)20-12-4-5-13(15(16,17)18)11(7-12)8-19/h3-7,10,20H,1-2H3. The summed E-state index contributed by atoms with van der Waals surface area (Å²) in [5.74, 6) is 0. The number of hydrogen-bond acceptors (Lipinski definition) is 3. The van der Waals surface area contributed by atoms with E-state index < -0.39 is 11.7 Å². The quantitative estimate of drug-likeness (QED) is 0.854. The van der Waals surface area contributed by atoms with E-state index in [0.29, 0.717) is 5.69 Å². The second kappa shape index (κ2) is 5.78. The topological polar surface area (TPSA) is 35.8 Å². The van der Waals surface area contributed by atoms with Gasteiger partial charge in [0, 0.05) is 15.4 Å². The highest BCUT2D eigenvalue weighted by molar-refractivity contribution is 7.12. The molecule has 1 heterocycles. The van der Waals surface area contributed by atoms with Gasteiger partial charge in [-0.25, -0.2) is 0 Å². The van der Waals surface area contributed by atoms with Crippen molar-refractivity contribution < 1.29 is 13.2 Å². The maximum atomic E-state index is 12.7. The number of nitrogens with zero attached hydrogens (tertiary/aromatic N) is 1. The first-order valence-electron chi connectivity index (χ1n) is 6.25. The Labute approximate surface area is 124 Å². The van der Waals surface area contributed by atoms with Gasteiger partial charge in [-0.15, -0.1) is 11.3 Å². The Bertz CT molecular complexity index is 683. The summed E-state index contributed by atoms with van der Waals surface area (Å²) in [6, 6.07) is 9.06. The fourth-order valence-electron chi connectivity index (χ4n) is 1.98. The maximum absolute atomic E-state index is 12.7. The number of benzene rings is 1. The number of alkyl halides is 3. The van der Waals surface area contributed by atoms with Crippen LogP contribution in [-0.2, 0) is 6.18 Å². The van der Waals surface area contributed by atoms with Gasteiger partial charge < -0.3 is 5.32 Å². The zero-order valence-corrected chi connectivity index (χ0v) is 12.3. The predicted molar refractivity (Wildman–Crippen MR) is 77.3 cm³/mol. The molecule has 0 aliphatic carbocycles. The number of thiophene rings is 1. The summed E-state index contributed by atoms with van der Waals surface area (Å²) < 4.78 is 38.2. The van der Waals surface area contributed by atoms with Gasteiger partial charge in [0.2, 0.25) is 0 Å². The van der Waals surface area contributed by atoms with Crippen molar-refractivity contribution in [1.82, 2.24) is 0 Å². The van der Waals surface area contributed by atoms with E-state index in [4.69, 9.17) is 5.26 Å². The summed E-state index contributed by atoms with van der Waals surface area (Å²) in [7, 11) is 0. The molecule has 0 spiro atoms. The van der Waals surface area contributed by atoms with Crippen LogP contribution in [0.5, 0.6) is 0 Å². The molecule has 0 aliphatic rings. The van der Waals surface area contributed by atoms with Crippen LogP contribution in [0.15, 0.2) is 30.3 Å². The summed E-state index contributed by atoms with van der Waals surface area (Å²) in [5.41, 5.74) is -0.782. The molecule has 1 aromatic heterocycles. The minimum Gasteiger partial charge on any atom is -0.378 e. The highest BCUT2D eigenvalue weighted by Crippen LogP contribution is 2.34. The Morgan fingerprint density at radius 2 is 1.95 bits per heavy atom. The lowest BCUT2D eigenvalue weighted by molar-refractivity contribution is -0.137. The molecule has 1 unspecified atom stereocenters. The van der Waals surface area contributed by atoms with Gasteiger partial charge in [0.1, 0.15) is 0 Å². The van der Waals surface area contributed by atoms with Crippen molar-refractivity contribution in [3.8, 4) is 6.07 Å². The lowest BCUT2D eigenvalue weighted by atomic mass is 10.1. The highest BCUT2D eigenvalue weighted by atomic mass is 32.1. The summed E-state index contributed by atoms with van der Waals surface area (Å²) in [6.45, 7) is 3.92. The first-order valence-corrected chi connectivity index (χ1v) is 7.07. The van der Waals surface area contributed by atoms with Crippen molar-refractivity contribution in [2.24, 2.45) is 0 Å². The molecule has 1 aromatic carbocycles. The molecule has 110 valence electrons. The maximum Gasteiger partial charge on any atom is 0.417 e. The Kier molecular flexibility index (Phi) is 4.24. The Morgan fingerprint density at radius 3 is 2.48 bits per heavy atom. The van der Waals surface area contributed by atoms with E-state index in [1.165, 1.54) is 17.0 Å². The molecule has 0 amide bonds. The SMILES string of the molecule is Cc1ccc(C(C)Nc2ccc(C(F)(F)F)c(C#N)c2)s1. The van der Waals surface area contributed by atoms with Crippen LogP contribution in [-0.4, -0.2) is 0 Å². The fourth-order valence-corrected chi connectivity index (χ4v) is 2.86. The van der Waals surface area contributed by atoms with Gasteiger partial charge in [0.05, 0.1) is 23.2 Å². The van der Waals surface area contributed by atoms with Crippen molar-refractivity contribution in [3.63, 3.8) is 0 Å². The van der Waals surface area contributed by atoms with Gasteiger partial charge in [-0.3, -0.25) is 0 Å². The van der Waals surface area contributed by atoms with Gasteiger partial charge in [-0.2, -0.15) is 18.4 Å². The van der Waals surface area contributed by atoms with Gasteiger partial charge in [0.25, 0.3) is 0 Å². The summed E-state index contributed by atoms with van der Waals surface area (Å²) >= 11 is 1.62. The molecular formula is C15H13F3N2S. The third-order valence-corrected chi connectivity index (χ3v) is 4.20. The first kappa shape index (κ1) is 15.4. The number of nitriles is 1. The molecule has 1 N–H and O–H groups in total. The average molecular weight is 310 g/mol. The van der Waals surface area contributed by atoms with Gasteiger partial charge >= 0.3 is 6.18 Å². The molecule has 21 heavy (non-hydrogen) atoms. The minimum atomic E-state index is -4.51. The second-order valence-electron chi connectivity index (χ2n) is 4.68. The first-order chi connectivity index (χ1) is 9.81. The van der Waals surface area contributed by atoms with Crippen molar-refractivity contribution in [2.75, 3.05) is 5.32 Å². The molecule has 2 rings (SSSR count). The Balaban J connectivity index is 2.24. The lowest BCUT2D eigenvalue weighted by Gasteiger charge is -2.15. The number of nitrogens with one attached hydrogen (secondary N) is 1. The van der Waals surface area contributed by atoms with Crippen LogP contribution in [0, 0.1) is 18.3 Å². The average Bonchev–Trinajstić information content (AvgIpc) is 2.84. The Morgan fingerprint density at radius 1 is 1.24 bits per heavy atom. The zero-order chi connectivity index (χ0) is 15.6. The number of halogens is 3. The van der Waals surface area contributed by atoms with E-state index >= 15 is 0 Å².